The summed E-state index contributed by atoms with van der Waals surface area (Å²) in [4.78, 5) is 24.5. The van der Waals surface area contributed by atoms with Gasteiger partial charge in [0.15, 0.2) is 0 Å². The molecular weight excluding hydrogens is 464 g/mol. The first kappa shape index (κ1) is 25.5. The maximum absolute atomic E-state index is 12.3. The van der Waals surface area contributed by atoms with Crippen LogP contribution < -0.4 is 20.1 Å². The molecule has 2 amide bonds. The Morgan fingerprint density at radius 3 is 1.27 bits per heavy atom. The van der Waals surface area contributed by atoms with Crippen molar-refractivity contribution in [2.45, 2.75) is 32.5 Å². The summed E-state index contributed by atoms with van der Waals surface area (Å²) in [5.74, 6) is 1.19. The third kappa shape index (κ3) is 8.85. The van der Waals surface area contributed by atoms with Crippen LogP contribution in [0, 0.1) is 0 Å². The lowest BCUT2D eigenvalue weighted by atomic mass is 10.2. The second-order valence-electron chi connectivity index (χ2n) is 8.55. The molecule has 0 unspecified atom stereocenters. The Labute approximate surface area is 217 Å². The lowest BCUT2D eigenvalue weighted by Crippen LogP contribution is -2.14. The fraction of sp³-hybridized carbons (Fsp3) is 0.161. The first-order valence-electron chi connectivity index (χ1n) is 12.3. The van der Waals surface area contributed by atoms with Crippen LogP contribution in [0.3, 0.4) is 0 Å². The van der Waals surface area contributed by atoms with E-state index in [2.05, 4.69) is 10.6 Å². The average molecular weight is 495 g/mol. The van der Waals surface area contributed by atoms with Crippen LogP contribution in [0.15, 0.2) is 109 Å². The Morgan fingerprint density at radius 1 is 0.514 bits per heavy atom. The zero-order valence-electron chi connectivity index (χ0n) is 20.6. The molecule has 0 saturated heterocycles. The van der Waals surface area contributed by atoms with Gasteiger partial charge in [0.25, 0.3) is 0 Å². The molecule has 4 rings (SSSR count). The summed E-state index contributed by atoms with van der Waals surface area (Å²) >= 11 is 0. The van der Waals surface area contributed by atoms with Crippen LogP contribution in [0.25, 0.3) is 0 Å². The van der Waals surface area contributed by atoms with Crippen molar-refractivity contribution in [2.24, 2.45) is 0 Å². The quantitative estimate of drug-likeness (QED) is 0.233. The molecule has 6 heteroatoms. The monoisotopic (exact) mass is 494 g/mol. The first-order valence-corrected chi connectivity index (χ1v) is 12.3. The van der Waals surface area contributed by atoms with Gasteiger partial charge >= 0.3 is 0 Å². The van der Waals surface area contributed by atoms with Gasteiger partial charge in [0.05, 0.1) is 0 Å². The normalized spacial score (nSPS) is 10.4. The van der Waals surface area contributed by atoms with Crippen LogP contribution in [-0.2, 0) is 22.8 Å². The van der Waals surface area contributed by atoms with E-state index < -0.39 is 0 Å². The molecule has 0 fully saturated rings. The predicted octanol–water partition coefficient (Wildman–Crippen LogP) is 6.59. The van der Waals surface area contributed by atoms with Crippen LogP contribution in [0.2, 0.25) is 0 Å². The second-order valence-corrected chi connectivity index (χ2v) is 8.55. The second kappa shape index (κ2) is 13.5. The highest BCUT2D eigenvalue weighted by atomic mass is 16.5. The van der Waals surface area contributed by atoms with E-state index in [4.69, 9.17) is 9.47 Å². The molecule has 188 valence electrons. The van der Waals surface area contributed by atoms with Gasteiger partial charge < -0.3 is 20.1 Å². The summed E-state index contributed by atoms with van der Waals surface area (Å²) < 4.78 is 11.5. The van der Waals surface area contributed by atoms with Crippen molar-refractivity contribution in [1.82, 2.24) is 0 Å². The number of carbonyl (C=O) groups excluding carboxylic acids is 2. The van der Waals surface area contributed by atoms with E-state index in [1.54, 1.807) is 24.3 Å². The summed E-state index contributed by atoms with van der Waals surface area (Å²) in [6, 6.07) is 34.4. The van der Waals surface area contributed by atoms with Gasteiger partial charge in [0.2, 0.25) is 11.8 Å². The number of anilines is 2. The minimum atomic E-state index is -0.134. The Balaban J connectivity index is 1.12. The van der Waals surface area contributed by atoms with Gasteiger partial charge in [-0.3, -0.25) is 9.59 Å². The van der Waals surface area contributed by atoms with Crippen LogP contribution in [0.4, 0.5) is 11.4 Å². The SMILES string of the molecule is O=C(CCCC(=O)Nc1ccc(OCc2ccccc2)cc1)Nc1ccc(OCc2ccccc2)cc1. The highest BCUT2D eigenvalue weighted by Crippen LogP contribution is 2.19. The van der Waals surface area contributed by atoms with Gasteiger partial charge in [0.1, 0.15) is 24.7 Å². The molecule has 0 atom stereocenters. The molecule has 6 nitrogen and oxygen atoms in total. The number of carbonyl (C=O) groups is 2. The van der Waals surface area contributed by atoms with E-state index in [-0.39, 0.29) is 24.7 Å². The number of hydrogen-bond acceptors (Lipinski definition) is 4. The van der Waals surface area contributed by atoms with E-state index in [1.807, 2.05) is 84.9 Å². The maximum atomic E-state index is 12.3. The third-order valence-corrected chi connectivity index (χ3v) is 5.58. The summed E-state index contributed by atoms with van der Waals surface area (Å²) in [6.07, 6.45) is 0.964. The molecule has 0 spiro atoms. The van der Waals surface area contributed by atoms with Crippen molar-refractivity contribution in [3.8, 4) is 11.5 Å². The van der Waals surface area contributed by atoms with Gasteiger partial charge in [-0.05, 0) is 66.1 Å². The van der Waals surface area contributed by atoms with Crippen LogP contribution in [0.1, 0.15) is 30.4 Å². The molecule has 2 N–H and O–H groups in total. The molecule has 0 aliphatic carbocycles. The van der Waals surface area contributed by atoms with E-state index in [0.717, 1.165) is 22.6 Å². The Bertz CT molecular complexity index is 1160. The smallest absolute Gasteiger partial charge is 0.224 e. The predicted molar refractivity (Wildman–Crippen MR) is 146 cm³/mol. The Morgan fingerprint density at radius 2 is 0.892 bits per heavy atom. The number of rotatable bonds is 12. The molecule has 37 heavy (non-hydrogen) atoms. The number of nitrogens with one attached hydrogen (secondary N) is 2. The van der Waals surface area contributed by atoms with Gasteiger partial charge in [-0.15, -0.1) is 0 Å². The first-order chi connectivity index (χ1) is 18.1. The highest BCUT2D eigenvalue weighted by molar-refractivity contribution is 5.93. The lowest BCUT2D eigenvalue weighted by Gasteiger charge is -2.09. The van der Waals surface area contributed by atoms with Gasteiger partial charge in [-0.2, -0.15) is 0 Å². The number of amides is 2. The highest BCUT2D eigenvalue weighted by Gasteiger charge is 2.07. The van der Waals surface area contributed by atoms with E-state index >= 15 is 0 Å². The fourth-order valence-electron chi connectivity index (χ4n) is 3.61. The summed E-state index contributed by atoms with van der Waals surface area (Å²) in [6.45, 7) is 0.974. The largest absolute Gasteiger partial charge is 0.489 e. The van der Waals surface area contributed by atoms with Crippen molar-refractivity contribution >= 4 is 23.2 Å². The maximum Gasteiger partial charge on any atom is 0.224 e. The molecule has 0 saturated carbocycles. The van der Waals surface area contributed by atoms with Gasteiger partial charge in [-0.1, -0.05) is 60.7 Å². The average Bonchev–Trinajstić information content (AvgIpc) is 2.93. The summed E-state index contributed by atoms with van der Waals surface area (Å²) in [5, 5.41) is 5.71. The zero-order chi connectivity index (χ0) is 25.7. The van der Waals surface area contributed by atoms with Crippen molar-refractivity contribution in [2.75, 3.05) is 10.6 Å². The fourth-order valence-corrected chi connectivity index (χ4v) is 3.61. The van der Waals surface area contributed by atoms with Gasteiger partial charge in [0, 0.05) is 24.2 Å². The molecule has 4 aromatic carbocycles. The Hall–Kier alpha value is -4.58. The molecule has 4 aromatic rings. The van der Waals surface area contributed by atoms with Crippen molar-refractivity contribution in [3.63, 3.8) is 0 Å². The van der Waals surface area contributed by atoms with Crippen LogP contribution >= 0.6 is 0 Å². The van der Waals surface area contributed by atoms with Crippen LogP contribution in [-0.4, -0.2) is 11.8 Å². The van der Waals surface area contributed by atoms with Crippen LogP contribution in [0.5, 0.6) is 11.5 Å². The molecular formula is C31H30N2O4. The molecule has 0 heterocycles. The van der Waals surface area contributed by atoms with E-state index in [9.17, 15) is 9.59 Å². The number of hydrogen-bond donors (Lipinski definition) is 2. The van der Waals surface area contributed by atoms with E-state index in [0.29, 0.717) is 31.0 Å². The summed E-state index contributed by atoms with van der Waals surface area (Å²) in [5.41, 5.74) is 3.56. The van der Waals surface area contributed by atoms with Crippen molar-refractivity contribution < 1.29 is 19.1 Å². The zero-order valence-corrected chi connectivity index (χ0v) is 20.6. The molecule has 0 aromatic heterocycles. The van der Waals surface area contributed by atoms with Gasteiger partial charge in [-0.25, -0.2) is 0 Å². The third-order valence-electron chi connectivity index (χ3n) is 5.58. The molecule has 0 aliphatic heterocycles. The van der Waals surface area contributed by atoms with Crippen molar-refractivity contribution in [3.05, 3.63) is 120 Å². The Kier molecular flexibility index (Phi) is 9.30. The van der Waals surface area contributed by atoms with Crippen molar-refractivity contribution in [1.29, 1.82) is 0 Å². The number of ether oxygens (including phenoxy) is 2. The van der Waals surface area contributed by atoms with E-state index in [1.165, 1.54) is 0 Å². The molecule has 0 radical (unpaired) electrons. The minimum absolute atomic E-state index is 0.134. The molecule has 0 aliphatic rings. The summed E-state index contributed by atoms with van der Waals surface area (Å²) in [7, 11) is 0. The number of benzene rings is 4. The lowest BCUT2D eigenvalue weighted by molar-refractivity contribution is -0.117. The molecule has 0 bridgehead atoms. The standard InChI is InChI=1S/C31H30N2O4/c34-30(32-26-14-18-28(19-15-26)36-22-24-8-3-1-4-9-24)12-7-13-31(35)33-27-16-20-29(21-17-27)37-23-25-10-5-2-6-11-25/h1-6,8-11,14-21H,7,12-13,22-23H2,(H,32,34)(H,33,35). The minimum Gasteiger partial charge on any atom is -0.489 e. The topological polar surface area (TPSA) is 76.7 Å².